The van der Waals surface area contributed by atoms with E-state index in [9.17, 15) is 9.18 Å². The lowest BCUT2D eigenvalue weighted by Gasteiger charge is -2.17. The number of amides is 1. The van der Waals surface area contributed by atoms with Gasteiger partial charge >= 0.3 is 0 Å². The number of carbonyl (C=O) groups excluding carboxylic acids is 1. The molecular weight excluding hydrogens is 281 g/mol. The molecular formula is C17H16FN3O. The highest BCUT2D eigenvalue weighted by atomic mass is 19.1. The van der Waals surface area contributed by atoms with E-state index in [1.807, 2.05) is 25.1 Å². The number of likely N-dealkylation sites (N-methyl/N-ethyl adjacent to an activating group) is 1. The molecule has 1 aromatic heterocycles. The first-order valence-corrected chi connectivity index (χ1v) is 7.00. The monoisotopic (exact) mass is 297 g/mol. The van der Waals surface area contributed by atoms with Crippen molar-refractivity contribution >= 4 is 22.6 Å². The smallest absolute Gasteiger partial charge is 0.231 e. The van der Waals surface area contributed by atoms with E-state index in [-0.39, 0.29) is 18.1 Å². The first-order valence-electron chi connectivity index (χ1n) is 7.00. The third kappa shape index (κ3) is 2.83. The van der Waals surface area contributed by atoms with Crippen molar-refractivity contribution in [3.63, 3.8) is 0 Å². The van der Waals surface area contributed by atoms with E-state index in [0.29, 0.717) is 0 Å². The van der Waals surface area contributed by atoms with Gasteiger partial charge in [-0.15, -0.1) is 0 Å². The number of rotatable bonds is 3. The third-order valence-electron chi connectivity index (χ3n) is 3.61. The second kappa shape index (κ2) is 5.60. The molecule has 0 aliphatic heterocycles. The Morgan fingerprint density at radius 3 is 2.68 bits per heavy atom. The van der Waals surface area contributed by atoms with Gasteiger partial charge in [0.05, 0.1) is 17.5 Å². The van der Waals surface area contributed by atoms with E-state index in [1.54, 1.807) is 24.1 Å². The molecule has 0 spiro atoms. The second-order valence-electron chi connectivity index (χ2n) is 5.28. The molecule has 5 heteroatoms. The summed E-state index contributed by atoms with van der Waals surface area (Å²) in [6.45, 7) is 1.89. The fourth-order valence-corrected chi connectivity index (χ4v) is 2.37. The zero-order valence-electron chi connectivity index (χ0n) is 12.4. The Morgan fingerprint density at radius 2 is 1.95 bits per heavy atom. The summed E-state index contributed by atoms with van der Waals surface area (Å²) in [6, 6.07) is 11.6. The summed E-state index contributed by atoms with van der Waals surface area (Å²) in [5.41, 5.74) is 3.36. The summed E-state index contributed by atoms with van der Waals surface area (Å²) in [7, 11) is 1.73. The van der Waals surface area contributed by atoms with Gasteiger partial charge in [0.15, 0.2) is 0 Å². The van der Waals surface area contributed by atoms with E-state index in [0.717, 1.165) is 28.1 Å². The van der Waals surface area contributed by atoms with E-state index in [1.165, 1.54) is 12.1 Å². The fraction of sp³-hybridized carbons (Fsp3) is 0.176. The maximum Gasteiger partial charge on any atom is 0.231 e. The number of nitrogens with one attached hydrogen (secondary N) is 1. The number of benzene rings is 2. The van der Waals surface area contributed by atoms with Crippen LogP contribution in [0.3, 0.4) is 0 Å². The van der Waals surface area contributed by atoms with Crippen molar-refractivity contribution in [2.75, 3.05) is 11.9 Å². The molecule has 1 heterocycles. The lowest BCUT2D eigenvalue weighted by molar-refractivity contribution is -0.117. The molecule has 1 amide bonds. The number of fused-ring (bicyclic) bond motifs is 1. The van der Waals surface area contributed by atoms with Gasteiger partial charge in [-0.1, -0.05) is 12.1 Å². The summed E-state index contributed by atoms with van der Waals surface area (Å²) in [5, 5.41) is 0. The molecule has 0 atom stereocenters. The predicted molar refractivity (Wildman–Crippen MR) is 84.3 cm³/mol. The molecule has 1 N–H and O–H groups in total. The average molecular weight is 297 g/mol. The highest BCUT2D eigenvalue weighted by Crippen LogP contribution is 2.20. The number of nitrogens with zero attached hydrogens (tertiary/aromatic N) is 2. The van der Waals surface area contributed by atoms with Crippen LogP contribution in [0.1, 0.15) is 11.4 Å². The molecule has 0 unspecified atom stereocenters. The number of carbonyl (C=O) groups is 1. The zero-order valence-corrected chi connectivity index (χ0v) is 12.4. The van der Waals surface area contributed by atoms with Crippen LogP contribution in [0.15, 0.2) is 42.5 Å². The first kappa shape index (κ1) is 14.3. The van der Waals surface area contributed by atoms with Crippen LogP contribution >= 0.6 is 0 Å². The van der Waals surface area contributed by atoms with Gasteiger partial charge in [-0.2, -0.15) is 0 Å². The molecule has 0 saturated carbocycles. The van der Waals surface area contributed by atoms with Crippen LogP contribution in [0.4, 0.5) is 10.1 Å². The van der Waals surface area contributed by atoms with E-state index < -0.39 is 0 Å². The van der Waals surface area contributed by atoms with Gasteiger partial charge in [0.2, 0.25) is 5.91 Å². The van der Waals surface area contributed by atoms with Crippen LogP contribution in [-0.2, 0) is 11.2 Å². The number of aromatic nitrogens is 2. The molecule has 2 aromatic carbocycles. The molecule has 0 bridgehead atoms. The number of hydrogen-bond acceptors (Lipinski definition) is 2. The van der Waals surface area contributed by atoms with Gasteiger partial charge in [0.25, 0.3) is 0 Å². The molecule has 3 aromatic rings. The standard InChI is InChI=1S/C17H16FN3O/c1-11-19-15-8-7-14(10-16(15)20-11)21(2)17(22)9-12-3-5-13(18)6-4-12/h3-8,10H,9H2,1-2H3,(H,19,20). The third-order valence-corrected chi connectivity index (χ3v) is 3.61. The number of aromatic amines is 1. The summed E-state index contributed by atoms with van der Waals surface area (Å²) in [5.74, 6) is 0.485. The molecule has 22 heavy (non-hydrogen) atoms. The minimum Gasteiger partial charge on any atom is -0.342 e. The van der Waals surface area contributed by atoms with Crippen molar-refractivity contribution < 1.29 is 9.18 Å². The number of hydrogen-bond donors (Lipinski definition) is 1. The fourth-order valence-electron chi connectivity index (χ4n) is 2.37. The second-order valence-corrected chi connectivity index (χ2v) is 5.28. The highest BCUT2D eigenvalue weighted by Gasteiger charge is 2.13. The predicted octanol–water partition coefficient (Wildman–Crippen LogP) is 3.22. The van der Waals surface area contributed by atoms with Crippen LogP contribution < -0.4 is 4.90 Å². The molecule has 0 aliphatic carbocycles. The maximum absolute atomic E-state index is 12.9. The van der Waals surface area contributed by atoms with Crippen LogP contribution in [0, 0.1) is 12.7 Å². The van der Waals surface area contributed by atoms with Crippen molar-refractivity contribution in [3.05, 3.63) is 59.7 Å². The number of halogens is 1. The summed E-state index contributed by atoms with van der Waals surface area (Å²) in [6.07, 6.45) is 0.233. The van der Waals surface area contributed by atoms with Gasteiger partial charge in [-0.05, 0) is 42.8 Å². The Kier molecular flexibility index (Phi) is 3.63. The van der Waals surface area contributed by atoms with E-state index >= 15 is 0 Å². The number of H-pyrrole nitrogens is 1. The van der Waals surface area contributed by atoms with Gasteiger partial charge in [0.1, 0.15) is 11.6 Å². The largest absolute Gasteiger partial charge is 0.342 e. The minimum absolute atomic E-state index is 0.0535. The Hall–Kier alpha value is -2.69. The molecule has 0 saturated heterocycles. The van der Waals surface area contributed by atoms with Crippen LogP contribution in [-0.4, -0.2) is 22.9 Å². The Balaban J connectivity index is 1.80. The molecule has 0 aliphatic rings. The van der Waals surface area contributed by atoms with Gasteiger partial charge in [-0.25, -0.2) is 9.37 Å². The lowest BCUT2D eigenvalue weighted by Crippen LogP contribution is -2.27. The quantitative estimate of drug-likeness (QED) is 0.807. The van der Waals surface area contributed by atoms with Crippen LogP contribution in [0.5, 0.6) is 0 Å². The van der Waals surface area contributed by atoms with Crippen molar-refractivity contribution in [2.45, 2.75) is 13.3 Å². The minimum atomic E-state index is -0.301. The average Bonchev–Trinajstić information content (AvgIpc) is 2.87. The Labute approximate surface area is 127 Å². The van der Waals surface area contributed by atoms with Crippen molar-refractivity contribution in [1.82, 2.24) is 9.97 Å². The topological polar surface area (TPSA) is 49.0 Å². The number of imidazole rings is 1. The molecule has 4 nitrogen and oxygen atoms in total. The van der Waals surface area contributed by atoms with Crippen molar-refractivity contribution in [1.29, 1.82) is 0 Å². The molecule has 112 valence electrons. The van der Waals surface area contributed by atoms with Gasteiger partial charge in [0, 0.05) is 12.7 Å². The maximum atomic E-state index is 12.9. The molecule has 0 radical (unpaired) electrons. The van der Waals surface area contributed by atoms with Gasteiger partial charge in [-0.3, -0.25) is 4.79 Å². The van der Waals surface area contributed by atoms with Crippen LogP contribution in [0.25, 0.3) is 11.0 Å². The summed E-state index contributed by atoms with van der Waals surface area (Å²) >= 11 is 0. The normalized spacial score (nSPS) is 10.9. The first-order chi connectivity index (χ1) is 10.5. The van der Waals surface area contributed by atoms with Crippen molar-refractivity contribution in [3.8, 4) is 0 Å². The lowest BCUT2D eigenvalue weighted by atomic mass is 10.1. The van der Waals surface area contributed by atoms with Crippen molar-refractivity contribution in [2.24, 2.45) is 0 Å². The Bertz CT molecular complexity index is 824. The number of anilines is 1. The zero-order chi connectivity index (χ0) is 15.7. The summed E-state index contributed by atoms with van der Waals surface area (Å²) < 4.78 is 12.9. The van der Waals surface area contributed by atoms with E-state index in [4.69, 9.17) is 0 Å². The highest BCUT2D eigenvalue weighted by molar-refractivity contribution is 5.96. The number of aryl methyl sites for hydroxylation is 1. The molecule has 0 fully saturated rings. The molecule has 3 rings (SSSR count). The Morgan fingerprint density at radius 1 is 1.23 bits per heavy atom. The van der Waals surface area contributed by atoms with Gasteiger partial charge < -0.3 is 9.88 Å². The summed E-state index contributed by atoms with van der Waals surface area (Å²) in [4.78, 5) is 21.4. The van der Waals surface area contributed by atoms with E-state index in [2.05, 4.69) is 9.97 Å². The SMILES string of the molecule is Cc1nc2ccc(N(C)C(=O)Cc3ccc(F)cc3)cc2[nH]1. The van der Waals surface area contributed by atoms with Crippen LogP contribution in [0.2, 0.25) is 0 Å².